The summed E-state index contributed by atoms with van der Waals surface area (Å²) in [5.74, 6) is 2.41. The van der Waals surface area contributed by atoms with E-state index in [9.17, 15) is 0 Å². The Morgan fingerprint density at radius 3 is 3.11 bits per heavy atom. The normalized spacial score (nSPS) is 12.8. The van der Waals surface area contributed by atoms with E-state index in [1.807, 2.05) is 11.8 Å². The number of nitrogens with zero attached hydrogens (tertiary/aromatic N) is 1. The second-order valence-corrected chi connectivity index (χ2v) is 7.50. The summed E-state index contributed by atoms with van der Waals surface area (Å²) in [6, 6.07) is 6.72. The molecule has 0 amide bonds. The van der Waals surface area contributed by atoms with E-state index in [4.69, 9.17) is 0 Å². The van der Waals surface area contributed by atoms with Crippen molar-refractivity contribution in [3.8, 4) is 0 Å². The van der Waals surface area contributed by atoms with Crippen LogP contribution in [0.3, 0.4) is 0 Å². The smallest absolute Gasteiger partial charge is 0.183 e. The van der Waals surface area contributed by atoms with Crippen LogP contribution in [0.1, 0.15) is 20.3 Å². The standard InChI is InChI=1S/C13H17BrN2S2/c1-3-17-7-6-9(2)15-13-16-11-8-10(14)4-5-12(11)18-13/h4-5,8-9H,3,6-7H2,1-2H3,(H,15,16). The molecule has 0 aliphatic carbocycles. The highest BCUT2D eigenvalue weighted by Gasteiger charge is 2.07. The molecule has 0 spiro atoms. The number of thioether (sulfide) groups is 1. The van der Waals surface area contributed by atoms with E-state index in [2.05, 4.69) is 58.3 Å². The zero-order valence-electron chi connectivity index (χ0n) is 10.6. The second kappa shape index (κ2) is 6.78. The third-order valence-corrected chi connectivity index (χ3v) is 5.01. The molecule has 0 radical (unpaired) electrons. The average Bonchev–Trinajstić information content (AvgIpc) is 2.70. The van der Waals surface area contributed by atoms with Crippen molar-refractivity contribution >= 4 is 54.4 Å². The number of thiazole rings is 1. The number of halogens is 1. The van der Waals surface area contributed by atoms with Gasteiger partial charge in [0.25, 0.3) is 0 Å². The van der Waals surface area contributed by atoms with Gasteiger partial charge >= 0.3 is 0 Å². The molecule has 2 nitrogen and oxygen atoms in total. The number of hydrogen-bond acceptors (Lipinski definition) is 4. The van der Waals surface area contributed by atoms with Gasteiger partial charge < -0.3 is 5.32 Å². The number of nitrogens with one attached hydrogen (secondary N) is 1. The fraction of sp³-hybridized carbons (Fsp3) is 0.462. The van der Waals surface area contributed by atoms with Crippen molar-refractivity contribution in [2.45, 2.75) is 26.3 Å². The first-order valence-corrected chi connectivity index (χ1v) is 8.86. The van der Waals surface area contributed by atoms with Gasteiger partial charge in [-0.3, -0.25) is 0 Å². The van der Waals surface area contributed by atoms with Gasteiger partial charge in [-0.25, -0.2) is 4.98 Å². The van der Waals surface area contributed by atoms with Crippen LogP contribution in [0, 0.1) is 0 Å². The molecular weight excluding hydrogens is 328 g/mol. The van der Waals surface area contributed by atoms with Crippen LogP contribution in [0.2, 0.25) is 0 Å². The highest BCUT2D eigenvalue weighted by atomic mass is 79.9. The molecule has 0 fully saturated rings. The number of fused-ring (bicyclic) bond motifs is 1. The van der Waals surface area contributed by atoms with E-state index in [-0.39, 0.29) is 0 Å². The summed E-state index contributed by atoms with van der Waals surface area (Å²) in [7, 11) is 0. The average molecular weight is 345 g/mol. The molecule has 0 bridgehead atoms. The second-order valence-electron chi connectivity index (χ2n) is 4.16. The third-order valence-electron chi connectivity index (χ3n) is 2.62. The maximum Gasteiger partial charge on any atom is 0.183 e. The van der Waals surface area contributed by atoms with Crippen molar-refractivity contribution in [2.75, 3.05) is 16.8 Å². The van der Waals surface area contributed by atoms with Crippen molar-refractivity contribution < 1.29 is 0 Å². The minimum Gasteiger partial charge on any atom is -0.359 e. The van der Waals surface area contributed by atoms with Crippen LogP contribution in [-0.4, -0.2) is 22.5 Å². The molecule has 18 heavy (non-hydrogen) atoms. The number of rotatable bonds is 6. The van der Waals surface area contributed by atoms with E-state index in [1.54, 1.807) is 11.3 Å². The van der Waals surface area contributed by atoms with Crippen molar-refractivity contribution in [3.05, 3.63) is 22.7 Å². The molecule has 5 heteroatoms. The zero-order valence-corrected chi connectivity index (χ0v) is 13.8. The lowest BCUT2D eigenvalue weighted by Gasteiger charge is -2.11. The molecule has 2 aromatic rings. The van der Waals surface area contributed by atoms with Gasteiger partial charge in [0, 0.05) is 10.5 Å². The molecule has 0 aliphatic heterocycles. The Morgan fingerprint density at radius 2 is 2.33 bits per heavy atom. The van der Waals surface area contributed by atoms with Gasteiger partial charge in [-0.15, -0.1) is 0 Å². The lowest BCUT2D eigenvalue weighted by Crippen LogP contribution is -2.15. The van der Waals surface area contributed by atoms with Crippen molar-refractivity contribution in [2.24, 2.45) is 0 Å². The van der Waals surface area contributed by atoms with Gasteiger partial charge in [0.15, 0.2) is 5.13 Å². The molecule has 0 aliphatic rings. The lowest BCUT2D eigenvalue weighted by molar-refractivity contribution is 0.771. The Kier molecular flexibility index (Phi) is 5.33. The van der Waals surface area contributed by atoms with E-state index in [0.717, 1.165) is 15.1 Å². The SMILES string of the molecule is CCSCCC(C)Nc1nc2cc(Br)ccc2s1. The van der Waals surface area contributed by atoms with Gasteiger partial charge in [-0.1, -0.05) is 34.2 Å². The number of hydrogen-bond donors (Lipinski definition) is 1. The van der Waals surface area contributed by atoms with Gasteiger partial charge in [0.2, 0.25) is 0 Å². The highest BCUT2D eigenvalue weighted by molar-refractivity contribution is 9.10. The Morgan fingerprint density at radius 1 is 1.50 bits per heavy atom. The minimum absolute atomic E-state index is 0.480. The minimum atomic E-state index is 0.480. The fourth-order valence-corrected chi connectivity index (χ4v) is 3.77. The molecule has 1 unspecified atom stereocenters. The summed E-state index contributed by atoms with van der Waals surface area (Å²) >= 11 is 7.19. The maximum atomic E-state index is 4.61. The summed E-state index contributed by atoms with van der Waals surface area (Å²) in [5.41, 5.74) is 1.06. The third kappa shape index (κ3) is 3.87. The summed E-state index contributed by atoms with van der Waals surface area (Å²) in [6.45, 7) is 4.42. The van der Waals surface area contributed by atoms with Crippen LogP contribution >= 0.6 is 39.0 Å². The molecule has 98 valence electrons. The van der Waals surface area contributed by atoms with E-state index >= 15 is 0 Å². The Balaban J connectivity index is 1.98. The number of anilines is 1. The number of benzene rings is 1. The van der Waals surface area contributed by atoms with Crippen molar-refractivity contribution in [3.63, 3.8) is 0 Å². The van der Waals surface area contributed by atoms with E-state index < -0.39 is 0 Å². The Bertz CT molecular complexity index is 513. The van der Waals surface area contributed by atoms with Crippen LogP contribution < -0.4 is 5.32 Å². The van der Waals surface area contributed by atoms with E-state index in [0.29, 0.717) is 6.04 Å². The van der Waals surface area contributed by atoms with Gasteiger partial charge in [0.1, 0.15) is 0 Å². The molecule has 1 aromatic heterocycles. The molecular formula is C13H17BrN2S2. The van der Waals surface area contributed by atoms with Crippen molar-refractivity contribution in [1.29, 1.82) is 0 Å². The maximum absolute atomic E-state index is 4.61. The fourth-order valence-electron chi connectivity index (χ4n) is 1.65. The van der Waals surface area contributed by atoms with Crippen LogP contribution in [0.15, 0.2) is 22.7 Å². The van der Waals surface area contributed by atoms with Crippen molar-refractivity contribution in [1.82, 2.24) is 4.98 Å². The molecule has 0 saturated carbocycles. The summed E-state index contributed by atoms with van der Waals surface area (Å²) < 4.78 is 2.31. The summed E-state index contributed by atoms with van der Waals surface area (Å²) in [4.78, 5) is 4.61. The molecule has 0 saturated heterocycles. The van der Waals surface area contributed by atoms with Crippen LogP contribution in [-0.2, 0) is 0 Å². The number of aromatic nitrogens is 1. The Hall–Kier alpha value is -0.260. The lowest BCUT2D eigenvalue weighted by atomic mass is 10.3. The summed E-state index contributed by atoms with van der Waals surface area (Å²) in [5, 5.41) is 4.51. The zero-order chi connectivity index (χ0) is 13.0. The first-order valence-electron chi connectivity index (χ1n) is 6.09. The first kappa shape index (κ1) is 14.2. The molecule has 1 aromatic carbocycles. The quantitative estimate of drug-likeness (QED) is 0.746. The van der Waals surface area contributed by atoms with Crippen LogP contribution in [0.25, 0.3) is 10.2 Å². The summed E-state index contributed by atoms with van der Waals surface area (Å²) in [6.07, 6.45) is 1.18. The monoisotopic (exact) mass is 344 g/mol. The van der Waals surface area contributed by atoms with Crippen LogP contribution in [0.5, 0.6) is 0 Å². The predicted octanol–water partition coefficient (Wildman–Crippen LogP) is 5.00. The largest absolute Gasteiger partial charge is 0.359 e. The van der Waals surface area contributed by atoms with Gasteiger partial charge in [-0.2, -0.15) is 11.8 Å². The Labute approximate surface area is 125 Å². The molecule has 1 atom stereocenters. The predicted molar refractivity (Wildman–Crippen MR) is 88.0 cm³/mol. The molecule has 2 rings (SSSR count). The topological polar surface area (TPSA) is 24.9 Å². The molecule has 1 heterocycles. The van der Waals surface area contributed by atoms with Gasteiger partial charge in [0.05, 0.1) is 10.2 Å². The first-order chi connectivity index (χ1) is 8.69. The van der Waals surface area contributed by atoms with Gasteiger partial charge in [-0.05, 0) is 43.0 Å². The molecule has 1 N–H and O–H groups in total. The van der Waals surface area contributed by atoms with E-state index in [1.165, 1.54) is 22.6 Å². The highest BCUT2D eigenvalue weighted by Crippen LogP contribution is 2.28. The van der Waals surface area contributed by atoms with Crippen LogP contribution in [0.4, 0.5) is 5.13 Å².